The van der Waals surface area contributed by atoms with Crippen LogP contribution in [0.1, 0.15) is 99.8 Å². The van der Waals surface area contributed by atoms with E-state index in [2.05, 4.69) is 34.6 Å². The van der Waals surface area contributed by atoms with Gasteiger partial charge in [0.05, 0.1) is 50.3 Å². The van der Waals surface area contributed by atoms with Gasteiger partial charge in [0.2, 0.25) is 0 Å². The smallest absolute Gasteiger partial charge is 0.187 e. The van der Waals surface area contributed by atoms with E-state index in [4.69, 9.17) is 28.4 Å². The van der Waals surface area contributed by atoms with Crippen LogP contribution >= 0.6 is 0 Å². The highest BCUT2D eigenvalue weighted by Gasteiger charge is 2.73. The maximum atomic E-state index is 12.7. The van der Waals surface area contributed by atoms with Crippen LogP contribution in [0.5, 0.6) is 0 Å². The first-order chi connectivity index (χ1) is 31.8. The lowest BCUT2D eigenvalue weighted by Crippen LogP contribution is -2.70. The average Bonchev–Trinajstić information content (AvgIpc) is 3.69. The first kappa shape index (κ1) is 54.7. The molecule has 4 aliphatic carbocycles. The first-order valence-corrected chi connectivity index (χ1v) is 24.7. The lowest BCUT2D eigenvalue weighted by Gasteiger charge is -2.71. The van der Waals surface area contributed by atoms with Crippen LogP contribution in [0.25, 0.3) is 0 Å². The van der Waals surface area contributed by atoms with Gasteiger partial charge in [-0.05, 0) is 98.7 Å². The van der Waals surface area contributed by atoms with E-state index in [1.807, 2.05) is 13.0 Å². The molecule has 7 fully saturated rings. The summed E-state index contributed by atoms with van der Waals surface area (Å²) in [6, 6.07) is 0. The Labute approximate surface area is 398 Å². The molecule has 14 N–H and O–H groups in total. The Morgan fingerprint density at radius 1 is 0.632 bits per heavy atom. The van der Waals surface area contributed by atoms with E-state index in [1.165, 1.54) is 0 Å². The predicted octanol–water partition coefficient (Wildman–Crippen LogP) is -2.08. The molecule has 0 radical (unpaired) electrons. The molecule has 26 atom stereocenters. The van der Waals surface area contributed by atoms with Gasteiger partial charge in [-0.3, -0.25) is 0 Å². The molecular weight excluding hydrogens is 897 g/mol. The molecule has 20 nitrogen and oxygen atoms in total. The molecule has 0 aromatic carbocycles. The second kappa shape index (κ2) is 20.3. The van der Waals surface area contributed by atoms with Crippen molar-refractivity contribution in [1.29, 1.82) is 0 Å². The molecule has 3 aliphatic heterocycles. The molecule has 68 heavy (non-hydrogen) atoms. The summed E-state index contributed by atoms with van der Waals surface area (Å²) in [5.74, 6) is -0.996. The molecule has 20 heteroatoms. The maximum absolute atomic E-state index is 12.7. The molecule has 4 saturated carbocycles. The summed E-state index contributed by atoms with van der Waals surface area (Å²) in [6.45, 7) is 12.4. The van der Waals surface area contributed by atoms with Crippen LogP contribution in [0.3, 0.4) is 0 Å². The normalized spacial score (nSPS) is 52.7. The Kier molecular flexibility index (Phi) is 16.4. The molecule has 3 heterocycles. The van der Waals surface area contributed by atoms with E-state index in [-0.39, 0.29) is 36.7 Å². The second-order valence-corrected chi connectivity index (χ2v) is 22.9. The summed E-state index contributed by atoms with van der Waals surface area (Å²) in [5.41, 5.74) is -2.67. The molecule has 0 spiro atoms. The van der Waals surface area contributed by atoms with Crippen LogP contribution in [0, 0.1) is 45.3 Å². The van der Waals surface area contributed by atoms with E-state index in [9.17, 15) is 71.5 Å². The predicted molar refractivity (Wildman–Crippen MR) is 236 cm³/mol. The zero-order valence-corrected chi connectivity index (χ0v) is 40.5. The molecule has 0 unspecified atom stereocenters. The van der Waals surface area contributed by atoms with Gasteiger partial charge in [0.25, 0.3) is 0 Å². The molecule has 0 amide bonds. The summed E-state index contributed by atoms with van der Waals surface area (Å²) < 4.78 is 36.3. The van der Waals surface area contributed by atoms with E-state index >= 15 is 0 Å². The Morgan fingerprint density at radius 2 is 1.16 bits per heavy atom. The minimum Gasteiger partial charge on any atom is -0.394 e. The Balaban J connectivity index is 1.13. The van der Waals surface area contributed by atoms with Crippen molar-refractivity contribution in [1.82, 2.24) is 0 Å². The van der Waals surface area contributed by atoms with Crippen LogP contribution in [-0.2, 0) is 28.4 Å². The van der Waals surface area contributed by atoms with Gasteiger partial charge < -0.3 is 99.9 Å². The van der Waals surface area contributed by atoms with Crippen molar-refractivity contribution in [2.45, 2.75) is 216 Å². The third-order valence-electron chi connectivity index (χ3n) is 19.1. The first-order valence-electron chi connectivity index (χ1n) is 24.7. The van der Waals surface area contributed by atoms with Crippen LogP contribution in [0.4, 0.5) is 0 Å². The number of aliphatic hydroxyl groups is 14. The van der Waals surface area contributed by atoms with E-state index in [0.717, 1.165) is 12.0 Å². The fourth-order valence-corrected chi connectivity index (χ4v) is 14.7. The second-order valence-electron chi connectivity index (χ2n) is 22.9. The number of hydrogen-bond acceptors (Lipinski definition) is 20. The fraction of sp³-hybridized carbons (Fsp3) is 0.958. The van der Waals surface area contributed by atoms with Crippen molar-refractivity contribution in [2.75, 3.05) is 26.4 Å². The van der Waals surface area contributed by atoms with Gasteiger partial charge in [-0.1, -0.05) is 46.3 Å². The molecule has 0 bridgehead atoms. The number of allylic oxidation sites excluding steroid dienone is 1. The number of rotatable bonds is 14. The zero-order valence-electron chi connectivity index (χ0n) is 40.5. The van der Waals surface area contributed by atoms with Gasteiger partial charge in [-0.25, -0.2) is 0 Å². The zero-order chi connectivity index (χ0) is 50.2. The minimum absolute atomic E-state index is 0.129. The standard InChI is InChI=1S/C48H82O20/c1-21(17-49)9-8-12-47(6,68-43-40(62)37(59)34(56)26(66-43)20-63-41-38(60)35(57)32(54)24(18-50)64-41)22-10-13-46(5)31(22)23(52)15-28-45(46,4)14-11-27-44(2,3)30(16-29(53)48(27,28)7)67-42-39(61)36(58)33(55)25(19-51)65-42/h9,22-43,49-62H,8,10-20H2,1-7H3/b21-9+/t22-,23+,24+,25+,26+,27+,28-,29-,30+,31-,32+,33+,34+,35-,36-,37-,38+,39+,40+,41+,42-,43-,45+,46+,47-,48+/m0/s1. The van der Waals surface area contributed by atoms with Crippen LogP contribution in [0.15, 0.2) is 11.6 Å². The molecule has 7 rings (SSSR count). The largest absolute Gasteiger partial charge is 0.394 e. The quantitative estimate of drug-likeness (QED) is 0.0656. The van der Waals surface area contributed by atoms with Gasteiger partial charge in [-0.2, -0.15) is 0 Å². The van der Waals surface area contributed by atoms with Gasteiger partial charge in [-0.15, -0.1) is 0 Å². The molecule has 394 valence electrons. The number of fused-ring (bicyclic) bond motifs is 5. The molecule has 0 aromatic rings. The molecule has 3 saturated heterocycles. The third kappa shape index (κ3) is 9.09. The average molecular weight is 979 g/mol. The number of aliphatic hydroxyl groups excluding tert-OH is 14. The summed E-state index contributed by atoms with van der Waals surface area (Å²) in [7, 11) is 0. The SMILES string of the molecule is C/C(=C\CC[C@](C)(O[C@@H]1O[C@H](CO[C@@H]2O[C@H](CO)[C@@H](O)[C@H](O)[C@H]2O)[C@@H](O)[C@H](O)[C@H]1O)[C@H]1CC[C@]2(C)[C@@H]1[C@H](O)C[C@@H]1[C@@]3(C)[C@H](CC[C@]12C)C(C)(C)[C@H](O[C@@H]1O[C@H](CO)[C@@H](O)[C@H](O)[C@H]1O)C[C@@H]3O)CO. The van der Waals surface area contributed by atoms with Crippen LogP contribution in [0.2, 0.25) is 0 Å². The summed E-state index contributed by atoms with van der Waals surface area (Å²) >= 11 is 0. The van der Waals surface area contributed by atoms with Crippen molar-refractivity contribution in [3.05, 3.63) is 11.6 Å². The lowest BCUT2D eigenvalue weighted by atomic mass is 9.34. The number of ether oxygens (including phenoxy) is 6. The topological polar surface area (TPSA) is 339 Å². The van der Waals surface area contributed by atoms with Crippen molar-refractivity contribution in [3.63, 3.8) is 0 Å². The highest BCUT2D eigenvalue weighted by atomic mass is 16.7. The minimum atomic E-state index is -1.78. The van der Waals surface area contributed by atoms with Gasteiger partial charge >= 0.3 is 0 Å². The van der Waals surface area contributed by atoms with Gasteiger partial charge in [0.15, 0.2) is 18.9 Å². The summed E-state index contributed by atoms with van der Waals surface area (Å²) in [6.07, 6.45) is -19.8. The van der Waals surface area contributed by atoms with Gasteiger partial charge in [0.1, 0.15) is 73.2 Å². The molecule has 7 aliphatic rings. The fourth-order valence-electron chi connectivity index (χ4n) is 14.7. The Bertz CT molecular complexity index is 1740. The summed E-state index contributed by atoms with van der Waals surface area (Å²) in [5, 5.41) is 151. The monoisotopic (exact) mass is 979 g/mol. The van der Waals surface area contributed by atoms with E-state index in [0.29, 0.717) is 38.5 Å². The summed E-state index contributed by atoms with van der Waals surface area (Å²) in [4.78, 5) is 0. The van der Waals surface area contributed by atoms with Crippen molar-refractivity contribution in [3.8, 4) is 0 Å². The third-order valence-corrected chi connectivity index (χ3v) is 19.1. The van der Waals surface area contributed by atoms with Crippen LogP contribution < -0.4 is 0 Å². The van der Waals surface area contributed by atoms with Gasteiger partial charge in [0, 0.05) is 11.8 Å². The lowest BCUT2D eigenvalue weighted by molar-refractivity contribution is -0.351. The van der Waals surface area contributed by atoms with Crippen molar-refractivity contribution >= 4 is 0 Å². The van der Waals surface area contributed by atoms with Crippen LogP contribution in [-0.4, -0.2) is 214 Å². The van der Waals surface area contributed by atoms with E-state index < -0.39 is 158 Å². The highest BCUT2D eigenvalue weighted by Crippen LogP contribution is 2.76. The van der Waals surface area contributed by atoms with Crippen molar-refractivity contribution < 1.29 is 99.9 Å². The Morgan fingerprint density at radius 3 is 1.75 bits per heavy atom. The molecule has 0 aromatic heterocycles. The van der Waals surface area contributed by atoms with E-state index in [1.54, 1.807) is 6.92 Å². The maximum Gasteiger partial charge on any atom is 0.187 e. The molecular formula is C48H82O20. The Hall–Kier alpha value is -1.06. The van der Waals surface area contributed by atoms with Crippen molar-refractivity contribution in [2.24, 2.45) is 45.3 Å². The number of hydrogen-bond donors (Lipinski definition) is 14. The highest BCUT2D eigenvalue weighted by molar-refractivity contribution is 5.22.